The van der Waals surface area contributed by atoms with Gasteiger partial charge in [0.1, 0.15) is 0 Å². The highest BCUT2D eigenvalue weighted by molar-refractivity contribution is 7.08. The van der Waals surface area contributed by atoms with E-state index in [1.54, 1.807) is 0 Å². The monoisotopic (exact) mass is 250 g/mol. The predicted octanol–water partition coefficient (Wildman–Crippen LogP) is 2.77. The first-order valence-corrected chi connectivity index (χ1v) is 7.65. The van der Waals surface area contributed by atoms with Crippen LogP contribution in [0, 0.1) is 6.92 Å². The lowest BCUT2D eigenvalue weighted by molar-refractivity contribution is 0.148. The Morgan fingerprint density at radius 3 is 2.59 bits per heavy atom. The SMILES string of the molecule is Cc1cscc1CNC1CC2CCC(C1)N2C. The number of fused-ring (bicyclic) bond motifs is 2. The van der Waals surface area contributed by atoms with Gasteiger partial charge in [-0.3, -0.25) is 0 Å². The van der Waals surface area contributed by atoms with Crippen molar-refractivity contribution in [2.75, 3.05) is 7.05 Å². The fourth-order valence-corrected chi connectivity index (χ4v) is 4.26. The Morgan fingerprint density at radius 1 is 1.29 bits per heavy atom. The molecule has 2 atom stereocenters. The van der Waals surface area contributed by atoms with Gasteiger partial charge < -0.3 is 10.2 Å². The van der Waals surface area contributed by atoms with Gasteiger partial charge in [-0.05, 0) is 61.5 Å². The summed E-state index contributed by atoms with van der Waals surface area (Å²) in [5, 5.41) is 8.30. The summed E-state index contributed by atoms with van der Waals surface area (Å²) in [5.41, 5.74) is 2.93. The zero-order valence-corrected chi connectivity index (χ0v) is 11.6. The molecule has 2 nitrogen and oxygen atoms in total. The molecule has 3 heterocycles. The van der Waals surface area contributed by atoms with Gasteiger partial charge in [0.25, 0.3) is 0 Å². The summed E-state index contributed by atoms with van der Waals surface area (Å²) in [6.45, 7) is 3.27. The average Bonchev–Trinajstić information content (AvgIpc) is 2.78. The first-order chi connectivity index (χ1) is 8.24. The molecule has 0 amide bonds. The van der Waals surface area contributed by atoms with E-state index >= 15 is 0 Å². The molecule has 1 N–H and O–H groups in total. The summed E-state index contributed by atoms with van der Waals surface area (Å²) >= 11 is 1.82. The highest BCUT2D eigenvalue weighted by Gasteiger charge is 2.37. The van der Waals surface area contributed by atoms with Crippen LogP contribution in [-0.4, -0.2) is 30.1 Å². The Morgan fingerprint density at radius 2 is 2.00 bits per heavy atom. The van der Waals surface area contributed by atoms with Gasteiger partial charge >= 0.3 is 0 Å². The molecule has 17 heavy (non-hydrogen) atoms. The van der Waals surface area contributed by atoms with E-state index in [2.05, 4.69) is 34.9 Å². The summed E-state index contributed by atoms with van der Waals surface area (Å²) in [6, 6.07) is 2.42. The molecular formula is C14H22N2S. The van der Waals surface area contributed by atoms with Crippen molar-refractivity contribution < 1.29 is 0 Å². The number of piperidine rings is 1. The quantitative estimate of drug-likeness (QED) is 0.887. The van der Waals surface area contributed by atoms with Crippen molar-refractivity contribution in [1.29, 1.82) is 0 Å². The number of hydrogen-bond acceptors (Lipinski definition) is 3. The molecule has 0 aliphatic carbocycles. The van der Waals surface area contributed by atoms with Crippen LogP contribution in [0.4, 0.5) is 0 Å². The Kier molecular flexibility index (Phi) is 3.24. The summed E-state index contributed by atoms with van der Waals surface area (Å²) in [7, 11) is 2.31. The first kappa shape index (κ1) is 11.7. The maximum atomic E-state index is 3.77. The molecule has 0 saturated carbocycles. The second kappa shape index (κ2) is 4.71. The van der Waals surface area contributed by atoms with Crippen LogP contribution in [0.15, 0.2) is 10.8 Å². The van der Waals surface area contributed by atoms with Gasteiger partial charge in [0.2, 0.25) is 0 Å². The Balaban J connectivity index is 1.56. The molecule has 2 fully saturated rings. The van der Waals surface area contributed by atoms with Crippen LogP contribution in [0.3, 0.4) is 0 Å². The fourth-order valence-electron chi connectivity index (χ4n) is 3.40. The van der Waals surface area contributed by atoms with Gasteiger partial charge in [-0.1, -0.05) is 0 Å². The number of rotatable bonds is 3. The molecule has 1 aromatic heterocycles. The zero-order valence-electron chi connectivity index (χ0n) is 10.8. The number of thiophene rings is 1. The van der Waals surface area contributed by atoms with E-state index in [4.69, 9.17) is 0 Å². The normalized spacial score (nSPS) is 33.2. The van der Waals surface area contributed by atoms with Crippen LogP contribution in [-0.2, 0) is 6.54 Å². The van der Waals surface area contributed by atoms with Gasteiger partial charge in [-0.15, -0.1) is 0 Å². The molecule has 3 rings (SSSR count). The predicted molar refractivity (Wildman–Crippen MR) is 73.5 cm³/mol. The van der Waals surface area contributed by atoms with E-state index in [0.29, 0.717) is 0 Å². The van der Waals surface area contributed by atoms with E-state index in [9.17, 15) is 0 Å². The minimum absolute atomic E-state index is 0.739. The molecule has 2 saturated heterocycles. The third kappa shape index (κ3) is 2.28. The van der Waals surface area contributed by atoms with Crippen LogP contribution in [0.1, 0.15) is 36.8 Å². The van der Waals surface area contributed by atoms with Crippen molar-refractivity contribution in [3.8, 4) is 0 Å². The van der Waals surface area contributed by atoms with Crippen LogP contribution >= 0.6 is 11.3 Å². The summed E-state index contributed by atoms with van der Waals surface area (Å²) < 4.78 is 0. The van der Waals surface area contributed by atoms with E-state index in [1.165, 1.54) is 36.8 Å². The molecule has 2 aliphatic heterocycles. The third-order valence-electron chi connectivity index (χ3n) is 4.64. The molecule has 1 aromatic rings. The summed E-state index contributed by atoms with van der Waals surface area (Å²) in [6.07, 6.45) is 5.51. The maximum absolute atomic E-state index is 3.77. The number of nitrogens with one attached hydrogen (secondary N) is 1. The molecule has 2 bridgehead atoms. The molecule has 0 spiro atoms. The molecule has 0 radical (unpaired) electrons. The van der Waals surface area contributed by atoms with Crippen molar-refractivity contribution >= 4 is 11.3 Å². The number of hydrogen-bond donors (Lipinski definition) is 1. The molecular weight excluding hydrogens is 228 g/mol. The van der Waals surface area contributed by atoms with Gasteiger partial charge in [0.05, 0.1) is 0 Å². The smallest absolute Gasteiger partial charge is 0.0219 e. The Labute approximate surface area is 108 Å². The third-order valence-corrected chi connectivity index (χ3v) is 5.55. The van der Waals surface area contributed by atoms with Gasteiger partial charge in [0, 0.05) is 24.7 Å². The van der Waals surface area contributed by atoms with Crippen molar-refractivity contribution in [2.45, 2.75) is 57.3 Å². The Bertz CT molecular complexity index is 373. The number of nitrogens with zero attached hydrogens (tertiary/aromatic N) is 1. The highest BCUT2D eigenvalue weighted by Crippen LogP contribution is 2.34. The van der Waals surface area contributed by atoms with E-state index < -0.39 is 0 Å². The van der Waals surface area contributed by atoms with Crippen molar-refractivity contribution in [1.82, 2.24) is 10.2 Å². The lowest BCUT2D eigenvalue weighted by Gasteiger charge is -2.36. The minimum Gasteiger partial charge on any atom is -0.310 e. The summed E-state index contributed by atoms with van der Waals surface area (Å²) in [4.78, 5) is 2.61. The largest absolute Gasteiger partial charge is 0.310 e. The second-order valence-electron chi connectivity index (χ2n) is 5.68. The molecule has 2 unspecified atom stereocenters. The molecule has 3 heteroatoms. The zero-order chi connectivity index (χ0) is 11.8. The minimum atomic E-state index is 0.739. The molecule has 2 aliphatic rings. The number of aryl methyl sites for hydroxylation is 1. The maximum Gasteiger partial charge on any atom is 0.0219 e. The van der Waals surface area contributed by atoms with Crippen LogP contribution in [0.25, 0.3) is 0 Å². The van der Waals surface area contributed by atoms with Crippen molar-refractivity contribution in [3.63, 3.8) is 0 Å². The molecule has 0 aromatic carbocycles. The average molecular weight is 250 g/mol. The van der Waals surface area contributed by atoms with Gasteiger partial charge in [0.15, 0.2) is 0 Å². The topological polar surface area (TPSA) is 15.3 Å². The van der Waals surface area contributed by atoms with Crippen molar-refractivity contribution in [2.24, 2.45) is 0 Å². The van der Waals surface area contributed by atoms with Crippen molar-refractivity contribution in [3.05, 3.63) is 21.9 Å². The van der Waals surface area contributed by atoms with Gasteiger partial charge in [-0.25, -0.2) is 0 Å². The van der Waals surface area contributed by atoms with E-state index in [-0.39, 0.29) is 0 Å². The summed E-state index contributed by atoms with van der Waals surface area (Å²) in [5.74, 6) is 0. The first-order valence-electron chi connectivity index (χ1n) is 6.71. The fraction of sp³-hybridized carbons (Fsp3) is 0.714. The van der Waals surface area contributed by atoms with E-state index in [0.717, 1.165) is 24.7 Å². The van der Waals surface area contributed by atoms with Crippen LogP contribution in [0.2, 0.25) is 0 Å². The van der Waals surface area contributed by atoms with E-state index in [1.807, 2.05) is 11.3 Å². The Hall–Kier alpha value is -0.380. The standard InChI is InChI=1S/C14H22N2S/c1-10-8-17-9-11(10)7-15-12-5-13-3-4-14(6-12)16(13)2/h8-9,12-15H,3-7H2,1-2H3. The second-order valence-corrected chi connectivity index (χ2v) is 6.42. The lowest BCUT2D eigenvalue weighted by atomic mass is 9.98. The lowest BCUT2D eigenvalue weighted by Crippen LogP contribution is -2.47. The molecule has 94 valence electrons. The highest BCUT2D eigenvalue weighted by atomic mass is 32.1. The van der Waals surface area contributed by atoms with Gasteiger partial charge in [-0.2, -0.15) is 11.3 Å². The van der Waals surface area contributed by atoms with Crippen LogP contribution in [0.5, 0.6) is 0 Å². The van der Waals surface area contributed by atoms with Crippen LogP contribution < -0.4 is 5.32 Å².